The van der Waals surface area contributed by atoms with E-state index >= 15 is 4.39 Å². The quantitative estimate of drug-likeness (QED) is 0.127. The van der Waals surface area contributed by atoms with Gasteiger partial charge >= 0.3 is 0 Å². The van der Waals surface area contributed by atoms with Crippen LogP contribution in [0.4, 0.5) is 18.9 Å². The fourth-order valence-corrected chi connectivity index (χ4v) is 8.29. The molecule has 3 aliphatic carbocycles. The Morgan fingerprint density at radius 1 is 1.24 bits per heavy atom. The molecule has 1 aromatic carbocycles. The van der Waals surface area contributed by atoms with Crippen LogP contribution in [0.5, 0.6) is 5.75 Å². The number of phenols is 1. The first-order valence-corrected chi connectivity index (χ1v) is 14.9. The molecule has 1 aromatic rings. The molecule has 12 nitrogen and oxygen atoms in total. The van der Waals surface area contributed by atoms with Crippen molar-refractivity contribution in [3.05, 3.63) is 39.4 Å². The smallest absolute Gasteiger partial charge is 0.255 e. The number of aromatic hydroxyl groups is 1. The number of hydrogen-bond donors (Lipinski definition) is 7. The molecule has 0 bridgehead atoms. The molecule has 244 valence electrons. The van der Waals surface area contributed by atoms with Gasteiger partial charge in [0.25, 0.3) is 12.3 Å². The summed E-state index contributed by atoms with van der Waals surface area (Å²) in [6.07, 6.45) is -2.13. The third kappa shape index (κ3) is 4.46. The first-order chi connectivity index (χ1) is 21.2. The number of hydrogen-bond acceptors (Lipinski definition) is 11. The predicted octanol–water partition coefficient (Wildman–Crippen LogP) is 0.746. The molecule has 5 aliphatic rings. The van der Waals surface area contributed by atoms with Crippen molar-refractivity contribution in [2.75, 3.05) is 52.1 Å². The second kappa shape index (κ2) is 11.0. The van der Waals surface area contributed by atoms with Gasteiger partial charge in [-0.15, -0.1) is 0 Å². The molecule has 1 saturated carbocycles. The van der Waals surface area contributed by atoms with Gasteiger partial charge in [-0.05, 0) is 51.7 Å². The van der Waals surface area contributed by atoms with Crippen LogP contribution in [-0.4, -0.2) is 113 Å². The highest BCUT2D eigenvalue weighted by Gasteiger charge is 2.64. The summed E-state index contributed by atoms with van der Waals surface area (Å²) in [5.74, 6) is -8.74. The van der Waals surface area contributed by atoms with Crippen LogP contribution in [0, 0.1) is 23.6 Å². The number of carbonyl (C=O) groups is 3. The number of nitrogens with zero attached hydrogens (tertiary/aromatic N) is 2. The van der Waals surface area contributed by atoms with Gasteiger partial charge in [0.1, 0.15) is 28.7 Å². The number of aliphatic hydroxyl groups excluding tert-OH is 2. The second-order valence-corrected chi connectivity index (χ2v) is 12.8. The third-order valence-corrected chi connectivity index (χ3v) is 10.2. The monoisotopic (exact) mass is 635 g/mol. The van der Waals surface area contributed by atoms with E-state index in [9.17, 15) is 43.6 Å². The minimum atomic E-state index is -2.79. The van der Waals surface area contributed by atoms with Crippen LogP contribution in [0.25, 0.3) is 5.76 Å². The molecule has 2 aliphatic heterocycles. The maximum Gasteiger partial charge on any atom is 0.255 e. The van der Waals surface area contributed by atoms with Crippen LogP contribution in [0.3, 0.4) is 0 Å². The van der Waals surface area contributed by atoms with Gasteiger partial charge in [-0.3, -0.25) is 24.2 Å². The molecular formula is C30H36F3N5O7. The number of primary amides is 1. The molecule has 45 heavy (non-hydrogen) atoms. The molecule has 0 radical (unpaired) electrons. The third-order valence-electron chi connectivity index (χ3n) is 10.2. The summed E-state index contributed by atoms with van der Waals surface area (Å²) in [7, 11) is 2.99. The summed E-state index contributed by atoms with van der Waals surface area (Å²) in [4.78, 5) is 42.9. The Hall–Kier alpha value is -3.66. The highest BCUT2D eigenvalue weighted by atomic mass is 19.3. The van der Waals surface area contributed by atoms with E-state index < -0.39 is 88.6 Å². The van der Waals surface area contributed by atoms with Gasteiger partial charge in [0.2, 0.25) is 5.78 Å². The first kappa shape index (κ1) is 31.3. The van der Waals surface area contributed by atoms with Crippen molar-refractivity contribution in [2.24, 2.45) is 23.5 Å². The lowest BCUT2D eigenvalue weighted by Gasteiger charge is -2.50. The number of rotatable bonds is 7. The average molecular weight is 636 g/mol. The van der Waals surface area contributed by atoms with Gasteiger partial charge in [0, 0.05) is 48.3 Å². The van der Waals surface area contributed by atoms with Gasteiger partial charge in [-0.1, -0.05) is 0 Å². The van der Waals surface area contributed by atoms with E-state index in [2.05, 4.69) is 10.6 Å². The van der Waals surface area contributed by atoms with E-state index in [1.165, 1.54) is 19.0 Å². The summed E-state index contributed by atoms with van der Waals surface area (Å²) in [5.41, 5.74) is 1.16. The number of anilines is 1. The molecule has 8 N–H and O–H groups in total. The number of alkyl halides is 2. The van der Waals surface area contributed by atoms with Crippen molar-refractivity contribution >= 4 is 28.9 Å². The van der Waals surface area contributed by atoms with Crippen molar-refractivity contribution in [1.29, 1.82) is 0 Å². The number of amides is 1. The van der Waals surface area contributed by atoms with Crippen molar-refractivity contribution in [2.45, 2.75) is 43.4 Å². The minimum absolute atomic E-state index is 0.0302. The number of likely N-dealkylation sites (N-methyl/N-ethyl adjacent to an activating group) is 1. The minimum Gasteiger partial charge on any atom is -0.508 e. The zero-order valence-corrected chi connectivity index (χ0v) is 24.7. The number of benzene rings is 1. The molecule has 2 heterocycles. The Kier molecular flexibility index (Phi) is 7.66. The van der Waals surface area contributed by atoms with E-state index in [0.29, 0.717) is 26.1 Å². The summed E-state index contributed by atoms with van der Waals surface area (Å²) in [5, 5.41) is 51.5. The fourth-order valence-electron chi connectivity index (χ4n) is 8.29. The normalized spacial score (nSPS) is 31.1. The zero-order chi connectivity index (χ0) is 32.7. The molecule has 0 aromatic heterocycles. The molecule has 1 saturated heterocycles. The van der Waals surface area contributed by atoms with Crippen LogP contribution >= 0.6 is 0 Å². The second-order valence-electron chi connectivity index (χ2n) is 12.8. The van der Waals surface area contributed by atoms with Crippen LogP contribution in [0.2, 0.25) is 0 Å². The SMILES string of the molecule is CN(C)[C@@H]1C(=O)C(C(N)=O)=C(O)[C@@]2(O)C(=O)C3=C(O)c4c(O)c5c(c(F)c4C[C@H]3C[C@@H]12)C1C(CCN1CCNCC(F)F)CN5. The molecule has 15 heteroatoms. The van der Waals surface area contributed by atoms with E-state index in [1.54, 1.807) is 0 Å². The highest BCUT2D eigenvalue weighted by Crippen LogP contribution is 2.56. The lowest BCUT2D eigenvalue weighted by atomic mass is 9.57. The topological polar surface area (TPSA) is 189 Å². The number of aliphatic hydroxyl groups is 3. The van der Waals surface area contributed by atoms with Crippen molar-refractivity contribution in [1.82, 2.24) is 15.1 Å². The maximum absolute atomic E-state index is 16.7. The first-order valence-electron chi connectivity index (χ1n) is 14.9. The number of ketones is 2. The summed E-state index contributed by atoms with van der Waals surface area (Å²) >= 11 is 0. The number of likely N-dealkylation sites (tertiary alicyclic amines) is 1. The molecule has 0 spiro atoms. The van der Waals surface area contributed by atoms with Gasteiger partial charge in [0.15, 0.2) is 11.4 Å². The van der Waals surface area contributed by atoms with Crippen molar-refractivity contribution in [3.63, 3.8) is 0 Å². The van der Waals surface area contributed by atoms with E-state index in [-0.39, 0.29) is 53.3 Å². The standard InChI is InChI=1S/C30H36F3N5O7/c1-37(2)23-14-8-12-7-13-17(24(39)16(12)27(42)30(14,45)28(43)19(26(23)41)29(34)44)25(40)21-18(20(13)33)22-11(9-36-21)3-5-38(22)6-4-35-10-15(31)32/h11-12,14-15,22-23,35-36,39-40,43,45H,3-10H2,1-2H3,(H2,34,44)/t11?,12-,14-,22?,23-,30-/m0/s1. The number of halogens is 3. The van der Waals surface area contributed by atoms with Crippen LogP contribution in [0.1, 0.15) is 35.6 Å². The number of phenolic OH excluding ortho intramolecular Hbond substituents is 1. The molecule has 6 atom stereocenters. The number of Topliss-reactive ketones (excluding diaryl/α,β-unsaturated/α-hetero) is 2. The number of nitrogens with one attached hydrogen (secondary N) is 2. The largest absolute Gasteiger partial charge is 0.508 e. The summed E-state index contributed by atoms with van der Waals surface area (Å²) < 4.78 is 41.9. The highest BCUT2D eigenvalue weighted by molar-refractivity contribution is 6.24. The molecular weight excluding hydrogens is 599 g/mol. The summed E-state index contributed by atoms with van der Waals surface area (Å²) in [6.45, 7) is 1.10. The van der Waals surface area contributed by atoms with Crippen LogP contribution < -0.4 is 16.4 Å². The molecule has 1 amide bonds. The maximum atomic E-state index is 16.7. The number of carbonyl (C=O) groups excluding carboxylic acids is 3. The van der Waals surface area contributed by atoms with Gasteiger partial charge < -0.3 is 36.8 Å². The van der Waals surface area contributed by atoms with Crippen molar-refractivity contribution < 1.29 is 48.0 Å². The molecule has 6 rings (SSSR count). The van der Waals surface area contributed by atoms with Gasteiger partial charge in [0.05, 0.1) is 23.8 Å². The van der Waals surface area contributed by atoms with Gasteiger partial charge in [-0.2, -0.15) is 0 Å². The molecule has 2 unspecified atom stereocenters. The van der Waals surface area contributed by atoms with Crippen LogP contribution in [0.15, 0.2) is 16.9 Å². The lowest BCUT2D eigenvalue weighted by Crippen LogP contribution is -2.65. The molecule has 2 fully saturated rings. The van der Waals surface area contributed by atoms with Crippen LogP contribution in [-0.2, 0) is 20.8 Å². The fraction of sp³-hybridized carbons (Fsp3) is 0.567. The van der Waals surface area contributed by atoms with E-state index in [1.807, 2.05) is 4.90 Å². The Bertz CT molecular complexity index is 1560. The Balaban J connectivity index is 1.45. The average Bonchev–Trinajstić information content (AvgIpc) is 3.38. The van der Waals surface area contributed by atoms with Crippen molar-refractivity contribution in [3.8, 4) is 5.75 Å². The zero-order valence-electron chi connectivity index (χ0n) is 24.7. The predicted molar refractivity (Wildman–Crippen MR) is 154 cm³/mol. The Morgan fingerprint density at radius 3 is 2.60 bits per heavy atom. The lowest BCUT2D eigenvalue weighted by molar-refractivity contribution is -0.153. The van der Waals surface area contributed by atoms with E-state index in [0.717, 1.165) is 0 Å². The number of fused-ring (bicyclic) bond motifs is 6. The van der Waals surface area contributed by atoms with Gasteiger partial charge in [-0.25, -0.2) is 13.2 Å². The number of nitrogens with two attached hydrogens (primary N) is 1. The van der Waals surface area contributed by atoms with E-state index in [4.69, 9.17) is 5.73 Å². The summed E-state index contributed by atoms with van der Waals surface area (Å²) in [6, 6.07) is -1.72. The Morgan fingerprint density at radius 2 is 1.96 bits per heavy atom. The Labute approximate surface area is 256 Å².